The lowest BCUT2D eigenvalue weighted by Crippen LogP contribution is -2.30. The molecule has 1 aliphatic carbocycles. The van der Waals surface area contributed by atoms with Crippen LogP contribution in [0, 0.1) is 4.84 Å². The first kappa shape index (κ1) is 20.3. The van der Waals surface area contributed by atoms with Crippen LogP contribution in [-0.2, 0) is 30.8 Å². The van der Waals surface area contributed by atoms with Crippen molar-refractivity contribution in [2.75, 3.05) is 0 Å². The molecule has 156 valence electrons. The van der Waals surface area contributed by atoms with E-state index < -0.39 is 0 Å². The van der Waals surface area contributed by atoms with Crippen LogP contribution >= 0.6 is 12.2 Å². The summed E-state index contributed by atoms with van der Waals surface area (Å²) in [6.45, 7) is 2.10. The van der Waals surface area contributed by atoms with E-state index in [0.29, 0.717) is 5.89 Å². The first-order valence-corrected chi connectivity index (χ1v) is 10.6. The van der Waals surface area contributed by atoms with Crippen molar-refractivity contribution in [3.05, 3.63) is 75.9 Å². The lowest BCUT2D eigenvalue weighted by Gasteiger charge is -2.16. The minimum Gasteiger partial charge on any atom is -0.484 e. The zero-order valence-electron chi connectivity index (χ0n) is 17.0. The van der Waals surface area contributed by atoms with Gasteiger partial charge in [-0.25, -0.2) is 4.68 Å². The Morgan fingerprint density at radius 2 is 1.97 bits per heavy atom. The maximum absolute atomic E-state index is 12.4. The Bertz CT molecular complexity index is 1070. The number of aromatic nitrogens is 2. The molecule has 3 aromatic rings. The fourth-order valence-electron chi connectivity index (χ4n) is 3.70. The second kappa shape index (κ2) is 9.26. The van der Waals surface area contributed by atoms with Crippen LogP contribution in [0.4, 0.5) is 0 Å². The molecule has 1 aliphatic rings. The summed E-state index contributed by atoms with van der Waals surface area (Å²) in [4.78, 5) is 12.5. The Morgan fingerprint density at radius 3 is 2.77 bits per heavy atom. The lowest BCUT2D eigenvalue weighted by atomic mass is 9.92. The largest absolute Gasteiger partial charge is 0.484 e. The van der Waals surface area contributed by atoms with Gasteiger partial charge < -0.3 is 14.5 Å². The van der Waals surface area contributed by atoms with Crippen molar-refractivity contribution in [2.45, 2.75) is 51.8 Å². The average molecular weight is 424 g/mol. The van der Waals surface area contributed by atoms with Gasteiger partial charge in [-0.1, -0.05) is 36.4 Å². The molecule has 2 aromatic carbocycles. The van der Waals surface area contributed by atoms with Gasteiger partial charge in [-0.15, -0.1) is 5.10 Å². The number of nitrogens with zero attached hydrogens (tertiary/aromatic N) is 2. The predicted molar refractivity (Wildman–Crippen MR) is 116 cm³/mol. The van der Waals surface area contributed by atoms with E-state index in [4.69, 9.17) is 21.4 Å². The predicted octanol–water partition coefficient (Wildman–Crippen LogP) is 4.54. The van der Waals surface area contributed by atoms with Crippen LogP contribution in [0.15, 0.2) is 52.9 Å². The Labute approximate surface area is 180 Å². The van der Waals surface area contributed by atoms with E-state index in [-0.39, 0.29) is 29.9 Å². The minimum atomic E-state index is -0.182. The Balaban J connectivity index is 1.34. The summed E-state index contributed by atoms with van der Waals surface area (Å²) >= 11 is 5.21. The molecule has 1 aromatic heterocycles. The number of carbonyl (C=O) groups is 1. The molecular weight excluding hydrogens is 398 g/mol. The van der Waals surface area contributed by atoms with E-state index in [1.54, 1.807) is 0 Å². The van der Waals surface area contributed by atoms with Gasteiger partial charge in [0.25, 0.3) is 10.7 Å². The summed E-state index contributed by atoms with van der Waals surface area (Å²) in [5.41, 5.74) is 3.80. The first-order valence-electron chi connectivity index (χ1n) is 10.2. The maximum atomic E-state index is 12.4. The number of aryl methyl sites for hydroxylation is 2. The number of benzene rings is 2. The number of carbonyl (C=O) groups excluding carboxylic acids is 1. The van der Waals surface area contributed by atoms with Gasteiger partial charge in [0.1, 0.15) is 12.3 Å². The molecule has 0 saturated carbocycles. The van der Waals surface area contributed by atoms with E-state index in [1.165, 1.54) is 28.7 Å². The summed E-state index contributed by atoms with van der Waals surface area (Å²) in [5.74, 6) is 0.959. The molecular formula is C23H25N3O3S. The van der Waals surface area contributed by atoms with Gasteiger partial charge in [-0.2, -0.15) is 0 Å². The number of hydrogen-bond donors (Lipinski definition) is 1. The van der Waals surface area contributed by atoms with Gasteiger partial charge in [-0.05, 0) is 73.6 Å². The Hall–Kier alpha value is -2.93. The van der Waals surface area contributed by atoms with Crippen molar-refractivity contribution in [1.82, 2.24) is 15.1 Å². The molecule has 1 heterocycles. The maximum Gasteiger partial charge on any atom is 0.287 e. The topological polar surface area (TPSA) is 69.3 Å². The van der Waals surface area contributed by atoms with Gasteiger partial charge in [0.2, 0.25) is 5.91 Å². The van der Waals surface area contributed by atoms with Crippen LogP contribution < -0.4 is 10.1 Å². The third kappa shape index (κ3) is 4.97. The molecule has 0 saturated heterocycles. The first-order chi connectivity index (χ1) is 14.6. The quantitative estimate of drug-likeness (QED) is 0.565. The molecule has 1 amide bonds. The number of hydrogen-bond acceptors (Lipinski definition) is 5. The van der Waals surface area contributed by atoms with Crippen LogP contribution in [0.25, 0.3) is 0 Å². The van der Waals surface area contributed by atoms with Crippen LogP contribution in [0.5, 0.6) is 5.75 Å². The van der Waals surface area contributed by atoms with E-state index in [0.717, 1.165) is 24.2 Å². The van der Waals surface area contributed by atoms with Crippen molar-refractivity contribution in [3.8, 4) is 5.75 Å². The van der Waals surface area contributed by atoms with Crippen LogP contribution in [0.2, 0.25) is 0 Å². The highest BCUT2D eigenvalue weighted by Gasteiger charge is 2.14. The third-order valence-electron chi connectivity index (χ3n) is 5.30. The zero-order valence-corrected chi connectivity index (χ0v) is 17.8. The van der Waals surface area contributed by atoms with Gasteiger partial charge >= 0.3 is 0 Å². The molecule has 1 N–H and O–H groups in total. The van der Waals surface area contributed by atoms with E-state index in [1.807, 2.05) is 43.3 Å². The molecule has 0 bridgehead atoms. The van der Waals surface area contributed by atoms with Crippen molar-refractivity contribution in [2.24, 2.45) is 0 Å². The zero-order chi connectivity index (χ0) is 20.9. The van der Waals surface area contributed by atoms with E-state index in [9.17, 15) is 4.79 Å². The number of fused-ring (bicyclic) bond motifs is 1. The molecule has 30 heavy (non-hydrogen) atoms. The molecule has 0 unspecified atom stereocenters. The molecule has 7 heteroatoms. The Morgan fingerprint density at radius 1 is 1.20 bits per heavy atom. The van der Waals surface area contributed by atoms with E-state index in [2.05, 4.69) is 22.5 Å². The lowest BCUT2D eigenvalue weighted by molar-refractivity contribution is -0.122. The summed E-state index contributed by atoms with van der Waals surface area (Å²) in [7, 11) is 0. The Kier molecular flexibility index (Phi) is 6.28. The van der Waals surface area contributed by atoms with Gasteiger partial charge in [0.05, 0.1) is 6.04 Å². The molecule has 0 spiro atoms. The molecule has 0 radical (unpaired) electrons. The van der Waals surface area contributed by atoms with Gasteiger partial charge in [0, 0.05) is 0 Å². The fraction of sp³-hybridized carbons (Fsp3) is 0.348. The molecule has 6 nitrogen and oxygen atoms in total. The third-order valence-corrected chi connectivity index (χ3v) is 5.59. The van der Waals surface area contributed by atoms with Crippen molar-refractivity contribution in [3.63, 3.8) is 0 Å². The van der Waals surface area contributed by atoms with Gasteiger partial charge in [0.15, 0.2) is 6.61 Å². The summed E-state index contributed by atoms with van der Waals surface area (Å²) in [5, 5.41) is 7.24. The summed E-state index contributed by atoms with van der Waals surface area (Å²) in [6, 6.07) is 15.9. The summed E-state index contributed by atoms with van der Waals surface area (Å²) in [6.07, 6.45) is 4.71. The SMILES string of the molecule is C[C@@H](NC(=O)Cn1nc(COc2ccc3c(c2)CCCC3)oc1=S)c1ccccc1. The number of nitrogens with one attached hydrogen (secondary N) is 1. The number of rotatable bonds is 7. The monoisotopic (exact) mass is 423 g/mol. The molecule has 0 fully saturated rings. The van der Waals surface area contributed by atoms with Crippen LogP contribution in [0.3, 0.4) is 0 Å². The number of ether oxygens (including phenoxy) is 1. The molecule has 4 rings (SSSR count). The smallest absolute Gasteiger partial charge is 0.287 e. The fourth-order valence-corrected chi connectivity index (χ4v) is 3.90. The van der Waals surface area contributed by atoms with Gasteiger partial charge in [-0.3, -0.25) is 4.79 Å². The van der Waals surface area contributed by atoms with Crippen molar-refractivity contribution >= 4 is 18.1 Å². The van der Waals surface area contributed by atoms with Crippen LogP contribution in [-0.4, -0.2) is 15.7 Å². The number of amides is 1. The summed E-state index contributed by atoms with van der Waals surface area (Å²) < 4.78 is 12.7. The highest BCUT2D eigenvalue weighted by molar-refractivity contribution is 7.71. The highest BCUT2D eigenvalue weighted by Crippen LogP contribution is 2.25. The van der Waals surface area contributed by atoms with Crippen molar-refractivity contribution in [1.29, 1.82) is 0 Å². The second-order valence-electron chi connectivity index (χ2n) is 7.55. The van der Waals surface area contributed by atoms with Crippen LogP contribution in [0.1, 0.15) is 48.4 Å². The average Bonchev–Trinajstić information content (AvgIpc) is 3.11. The molecule has 1 atom stereocenters. The normalized spacial score (nSPS) is 14.0. The highest BCUT2D eigenvalue weighted by atomic mass is 32.1. The van der Waals surface area contributed by atoms with E-state index >= 15 is 0 Å². The second-order valence-corrected chi connectivity index (χ2v) is 7.89. The standard InChI is InChI=1S/C23H25N3O3S/c1-16(17-7-3-2-4-8-17)24-21(27)14-26-23(30)29-22(25-26)15-28-20-12-11-18-9-5-6-10-19(18)13-20/h2-4,7-8,11-13,16H,5-6,9-10,14-15H2,1H3,(H,24,27)/t16-/m1/s1. The minimum absolute atomic E-state index is 0.00163. The van der Waals surface area contributed by atoms with Crippen molar-refractivity contribution < 1.29 is 13.9 Å². The molecule has 0 aliphatic heterocycles.